The second-order valence-corrected chi connectivity index (χ2v) is 8.55. The molecule has 0 aromatic heterocycles. The lowest BCUT2D eigenvalue weighted by atomic mass is 10.2. The molecule has 5 heteroatoms. The molecule has 0 radical (unpaired) electrons. The van der Waals surface area contributed by atoms with Gasteiger partial charge in [-0.1, -0.05) is 61.1 Å². The minimum atomic E-state index is -0.168. The normalized spacial score (nSPS) is 14.8. The summed E-state index contributed by atoms with van der Waals surface area (Å²) in [5.41, 5.74) is 0. The molecule has 0 aliphatic heterocycles. The van der Waals surface area contributed by atoms with E-state index in [2.05, 4.69) is 13.8 Å². The summed E-state index contributed by atoms with van der Waals surface area (Å²) in [6.45, 7) is 4.28. The summed E-state index contributed by atoms with van der Waals surface area (Å²) in [6, 6.07) is 0. The van der Waals surface area contributed by atoms with E-state index < -0.39 is 0 Å². The molecular formula is C12H26O2S3. The van der Waals surface area contributed by atoms with E-state index in [1.54, 1.807) is 31.4 Å². The van der Waals surface area contributed by atoms with Crippen molar-refractivity contribution >= 4 is 31.4 Å². The van der Waals surface area contributed by atoms with Gasteiger partial charge in [-0.05, 0) is 22.7 Å². The van der Waals surface area contributed by atoms with Crippen LogP contribution in [-0.4, -0.2) is 33.9 Å². The minimum Gasteiger partial charge on any atom is -0.392 e. The van der Waals surface area contributed by atoms with Crippen LogP contribution in [0.1, 0.15) is 52.4 Å². The van der Waals surface area contributed by atoms with Gasteiger partial charge in [0.15, 0.2) is 0 Å². The Morgan fingerprint density at radius 3 is 1.59 bits per heavy atom. The number of aliphatic hydroxyl groups excluding tert-OH is 2. The quantitative estimate of drug-likeness (QED) is 0.419. The van der Waals surface area contributed by atoms with Gasteiger partial charge < -0.3 is 10.2 Å². The maximum Gasteiger partial charge on any atom is 0.0639 e. The molecule has 2 N–H and O–H groups in total. The van der Waals surface area contributed by atoms with Crippen LogP contribution >= 0.6 is 31.4 Å². The second kappa shape index (κ2) is 13.4. The van der Waals surface area contributed by atoms with Crippen molar-refractivity contribution in [3.05, 3.63) is 0 Å². The summed E-state index contributed by atoms with van der Waals surface area (Å²) < 4.78 is 0. The minimum absolute atomic E-state index is 0.168. The molecule has 0 fully saturated rings. The second-order valence-electron chi connectivity index (χ2n) is 4.23. The molecule has 0 bridgehead atoms. The van der Waals surface area contributed by atoms with Crippen molar-refractivity contribution < 1.29 is 10.2 Å². The first-order valence-corrected chi connectivity index (χ1v) is 10.3. The summed E-state index contributed by atoms with van der Waals surface area (Å²) in [4.78, 5) is 0. The summed E-state index contributed by atoms with van der Waals surface area (Å²) in [5, 5.41) is 19.2. The molecule has 2 nitrogen and oxygen atoms in total. The molecule has 0 aromatic rings. The molecule has 0 aromatic carbocycles. The molecule has 0 rings (SSSR count). The smallest absolute Gasteiger partial charge is 0.0639 e. The Morgan fingerprint density at radius 1 is 0.824 bits per heavy atom. The molecular weight excluding hydrogens is 272 g/mol. The van der Waals surface area contributed by atoms with E-state index in [4.69, 9.17) is 0 Å². The lowest BCUT2D eigenvalue weighted by Gasteiger charge is -2.10. The molecule has 2 unspecified atom stereocenters. The molecule has 2 atom stereocenters. The van der Waals surface area contributed by atoms with E-state index >= 15 is 0 Å². The molecule has 17 heavy (non-hydrogen) atoms. The van der Waals surface area contributed by atoms with Crippen LogP contribution < -0.4 is 0 Å². The largest absolute Gasteiger partial charge is 0.392 e. The predicted molar refractivity (Wildman–Crippen MR) is 83.6 cm³/mol. The highest BCUT2D eigenvalue weighted by molar-refractivity contribution is 9.09. The highest BCUT2D eigenvalue weighted by Crippen LogP contribution is 2.35. The summed E-state index contributed by atoms with van der Waals surface area (Å²) in [6.07, 6.45) is 5.99. The van der Waals surface area contributed by atoms with E-state index in [1.165, 1.54) is 0 Å². The van der Waals surface area contributed by atoms with Gasteiger partial charge in [-0.3, -0.25) is 0 Å². The molecule has 0 aliphatic carbocycles. The van der Waals surface area contributed by atoms with Crippen LogP contribution in [-0.2, 0) is 0 Å². The van der Waals surface area contributed by atoms with Crippen molar-refractivity contribution in [2.75, 3.05) is 11.5 Å². The summed E-state index contributed by atoms with van der Waals surface area (Å²) >= 11 is 0. The van der Waals surface area contributed by atoms with Crippen molar-refractivity contribution in [2.45, 2.75) is 64.6 Å². The van der Waals surface area contributed by atoms with Crippen LogP contribution in [0, 0.1) is 0 Å². The molecule has 0 amide bonds. The first-order valence-electron chi connectivity index (χ1n) is 6.47. The number of aliphatic hydroxyl groups is 2. The van der Waals surface area contributed by atoms with Gasteiger partial charge in [0.1, 0.15) is 0 Å². The van der Waals surface area contributed by atoms with Crippen LogP contribution in [0.25, 0.3) is 0 Å². The lowest BCUT2D eigenvalue weighted by Crippen LogP contribution is -2.09. The summed E-state index contributed by atoms with van der Waals surface area (Å²) in [5.74, 6) is 1.59. The average Bonchev–Trinajstić information content (AvgIpc) is 2.33. The van der Waals surface area contributed by atoms with Gasteiger partial charge in [0.25, 0.3) is 0 Å². The van der Waals surface area contributed by atoms with E-state index in [1.807, 2.05) is 0 Å². The first kappa shape index (κ1) is 18.0. The van der Waals surface area contributed by atoms with E-state index in [0.717, 1.165) is 50.0 Å². The fourth-order valence-corrected chi connectivity index (χ4v) is 5.21. The van der Waals surface area contributed by atoms with E-state index in [-0.39, 0.29) is 12.2 Å². The fourth-order valence-electron chi connectivity index (χ4n) is 1.29. The molecule has 0 saturated heterocycles. The van der Waals surface area contributed by atoms with Crippen LogP contribution in [0.5, 0.6) is 0 Å². The van der Waals surface area contributed by atoms with Crippen LogP contribution in [0.2, 0.25) is 0 Å². The third kappa shape index (κ3) is 13.2. The molecule has 0 spiro atoms. The van der Waals surface area contributed by atoms with Crippen molar-refractivity contribution in [3.8, 4) is 0 Å². The fraction of sp³-hybridized carbons (Fsp3) is 1.00. The van der Waals surface area contributed by atoms with Gasteiger partial charge in [0.2, 0.25) is 0 Å². The average molecular weight is 299 g/mol. The number of hydrogen-bond acceptors (Lipinski definition) is 5. The van der Waals surface area contributed by atoms with Crippen molar-refractivity contribution in [1.82, 2.24) is 0 Å². The van der Waals surface area contributed by atoms with Gasteiger partial charge in [-0.15, -0.1) is 0 Å². The Bertz CT molecular complexity index is 143. The van der Waals surface area contributed by atoms with Gasteiger partial charge >= 0.3 is 0 Å². The van der Waals surface area contributed by atoms with Gasteiger partial charge in [0.05, 0.1) is 12.2 Å². The van der Waals surface area contributed by atoms with Crippen LogP contribution in [0.4, 0.5) is 0 Å². The third-order valence-corrected chi connectivity index (χ3v) is 6.76. The lowest BCUT2D eigenvalue weighted by molar-refractivity contribution is 0.186. The van der Waals surface area contributed by atoms with Crippen LogP contribution in [0.15, 0.2) is 0 Å². The number of unbranched alkanes of at least 4 members (excludes halogenated alkanes) is 2. The zero-order chi connectivity index (χ0) is 12.9. The molecule has 104 valence electrons. The number of rotatable bonds is 12. The SMILES string of the molecule is CCCCC(O)CSSSCC(O)CCCC. The number of hydrogen-bond donors (Lipinski definition) is 2. The Labute approximate surface area is 118 Å². The molecule has 0 heterocycles. The maximum atomic E-state index is 9.61. The van der Waals surface area contributed by atoms with Crippen molar-refractivity contribution in [2.24, 2.45) is 0 Å². The topological polar surface area (TPSA) is 40.5 Å². The highest BCUT2D eigenvalue weighted by atomic mass is 33.5. The van der Waals surface area contributed by atoms with Gasteiger partial charge in [-0.25, -0.2) is 0 Å². The third-order valence-electron chi connectivity index (χ3n) is 2.40. The van der Waals surface area contributed by atoms with Gasteiger partial charge in [0, 0.05) is 11.5 Å². The first-order chi connectivity index (χ1) is 8.20. The standard InChI is InChI=1S/C12H26O2S3/c1-3-5-7-11(13)9-15-17-16-10-12(14)8-6-4-2/h11-14H,3-10H2,1-2H3. The Morgan fingerprint density at radius 2 is 1.24 bits per heavy atom. The highest BCUT2D eigenvalue weighted by Gasteiger charge is 2.06. The molecule has 0 aliphatic rings. The Kier molecular flexibility index (Phi) is 14.2. The summed E-state index contributed by atoms with van der Waals surface area (Å²) in [7, 11) is 5.08. The zero-order valence-electron chi connectivity index (χ0n) is 10.9. The van der Waals surface area contributed by atoms with E-state index in [0.29, 0.717) is 0 Å². The van der Waals surface area contributed by atoms with Gasteiger partial charge in [-0.2, -0.15) is 0 Å². The van der Waals surface area contributed by atoms with Crippen molar-refractivity contribution in [3.63, 3.8) is 0 Å². The maximum absolute atomic E-state index is 9.61. The van der Waals surface area contributed by atoms with Crippen molar-refractivity contribution in [1.29, 1.82) is 0 Å². The predicted octanol–water partition coefficient (Wildman–Crippen LogP) is 4.12. The van der Waals surface area contributed by atoms with E-state index in [9.17, 15) is 10.2 Å². The Balaban J connectivity index is 3.22. The molecule has 0 saturated carbocycles. The zero-order valence-corrected chi connectivity index (χ0v) is 13.4. The Hall–Kier alpha value is 0.970. The monoisotopic (exact) mass is 298 g/mol. The van der Waals surface area contributed by atoms with Crippen LogP contribution in [0.3, 0.4) is 0 Å².